The van der Waals surface area contributed by atoms with E-state index in [1.807, 2.05) is 35.2 Å². The third-order valence-electron chi connectivity index (χ3n) is 2.98. The highest BCUT2D eigenvalue weighted by atomic mass is 16.1. The van der Waals surface area contributed by atoms with Crippen molar-refractivity contribution >= 4 is 5.91 Å². The Balaban J connectivity index is 2.71. The van der Waals surface area contributed by atoms with Gasteiger partial charge in [0, 0.05) is 13.6 Å². The lowest BCUT2D eigenvalue weighted by atomic mass is 10.00. The molecule has 1 unspecified atom stereocenters. The van der Waals surface area contributed by atoms with Crippen LogP contribution in [0.2, 0.25) is 0 Å². The number of amides is 1. The molecule has 1 aromatic rings. The first-order valence-corrected chi connectivity index (χ1v) is 6.58. The summed E-state index contributed by atoms with van der Waals surface area (Å²) < 4.78 is 0. The lowest BCUT2D eigenvalue weighted by Crippen LogP contribution is -2.38. The third kappa shape index (κ3) is 5.11. The van der Waals surface area contributed by atoms with Gasteiger partial charge in [0.05, 0.1) is 18.5 Å². The van der Waals surface area contributed by atoms with Crippen LogP contribution >= 0.6 is 0 Å². The average molecular weight is 259 g/mol. The minimum absolute atomic E-state index is 0.0156. The Kier molecular flexibility index (Phi) is 6.62. The van der Waals surface area contributed by atoms with E-state index in [4.69, 9.17) is 0 Å². The zero-order chi connectivity index (χ0) is 14.1. The summed E-state index contributed by atoms with van der Waals surface area (Å²) in [5.74, 6) is -0.212. The van der Waals surface area contributed by atoms with Crippen molar-refractivity contribution in [3.63, 3.8) is 0 Å². The standard InChI is InChI=1S/C15H21N3O/c1-3-9-18(12-15(19)17-2)11-14(10-16)13-7-5-4-6-8-13/h4-8,14H,3,9,11-12H2,1-2H3,(H,17,19). The van der Waals surface area contributed by atoms with Crippen LogP contribution in [0, 0.1) is 11.3 Å². The van der Waals surface area contributed by atoms with E-state index in [9.17, 15) is 10.1 Å². The van der Waals surface area contributed by atoms with E-state index in [0.717, 1.165) is 18.5 Å². The van der Waals surface area contributed by atoms with Gasteiger partial charge in [0.1, 0.15) is 0 Å². The summed E-state index contributed by atoms with van der Waals surface area (Å²) >= 11 is 0. The largest absolute Gasteiger partial charge is 0.358 e. The van der Waals surface area contributed by atoms with Crippen LogP contribution < -0.4 is 5.32 Å². The Morgan fingerprint density at radius 3 is 2.63 bits per heavy atom. The van der Waals surface area contributed by atoms with E-state index in [-0.39, 0.29) is 11.8 Å². The first-order chi connectivity index (χ1) is 9.21. The molecule has 0 fully saturated rings. The molecule has 1 amide bonds. The predicted molar refractivity (Wildman–Crippen MR) is 75.6 cm³/mol. The summed E-state index contributed by atoms with van der Waals surface area (Å²) in [5.41, 5.74) is 1.00. The van der Waals surface area contributed by atoms with Crippen LogP contribution in [0.4, 0.5) is 0 Å². The van der Waals surface area contributed by atoms with Crippen molar-refractivity contribution < 1.29 is 4.79 Å². The van der Waals surface area contributed by atoms with Crippen molar-refractivity contribution in [3.8, 4) is 6.07 Å². The Bertz CT molecular complexity index is 425. The van der Waals surface area contributed by atoms with Crippen molar-refractivity contribution in [1.82, 2.24) is 10.2 Å². The fraction of sp³-hybridized carbons (Fsp3) is 0.467. The maximum absolute atomic E-state index is 11.5. The normalized spacial score (nSPS) is 11.9. The predicted octanol–water partition coefficient (Wildman–Crippen LogP) is 1.75. The average Bonchev–Trinajstić information content (AvgIpc) is 2.45. The van der Waals surface area contributed by atoms with Crippen LogP contribution in [-0.2, 0) is 4.79 Å². The fourth-order valence-electron chi connectivity index (χ4n) is 2.00. The lowest BCUT2D eigenvalue weighted by molar-refractivity contribution is -0.121. The van der Waals surface area contributed by atoms with Crippen LogP contribution in [-0.4, -0.2) is 37.5 Å². The number of hydrogen-bond acceptors (Lipinski definition) is 3. The number of likely N-dealkylation sites (N-methyl/N-ethyl adjacent to an activating group) is 1. The van der Waals surface area contributed by atoms with Crippen LogP contribution in [0.1, 0.15) is 24.8 Å². The molecule has 0 spiro atoms. The van der Waals surface area contributed by atoms with Crippen LogP contribution in [0.25, 0.3) is 0 Å². The topological polar surface area (TPSA) is 56.1 Å². The second-order valence-corrected chi connectivity index (χ2v) is 4.50. The second-order valence-electron chi connectivity index (χ2n) is 4.50. The van der Waals surface area contributed by atoms with Crippen LogP contribution in [0.3, 0.4) is 0 Å². The summed E-state index contributed by atoms with van der Waals surface area (Å²) in [6, 6.07) is 12.0. The molecule has 0 aliphatic carbocycles. The molecule has 0 aliphatic heterocycles. The number of carbonyl (C=O) groups is 1. The number of nitrogens with one attached hydrogen (secondary N) is 1. The first-order valence-electron chi connectivity index (χ1n) is 6.58. The molecule has 0 radical (unpaired) electrons. The van der Waals surface area contributed by atoms with Gasteiger partial charge in [-0.25, -0.2) is 0 Å². The Morgan fingerprint density at radius 2 is 2.11 bits per heavy atom. The molecule has 4 nitrogen and oxygen atoms in total. The molecule has 0 saturated heterocycles. The summed E-state index contributed by atoms with van der Waals surface area (Å²) in [6.07, 6.45) is 0.962. The number of benzene rings is 1. The minimum Gasteiger partial charge on any atom is -0.358 e. The second kappa shape index (κ2) is 8.28. The number of rotatable bonds is 7. The van der Waals surface area contributed by atoms with Gasteiger partial charge in [-0.15, -0.1) is 0 Å². The molecule has 1 rings (SSSR count). The molecule has 19 heavy (non-hydrogen) atoms. The molecule has 102 valence electrons. The molecule has 0 saturated carbocycles. The number of hydrogen-bond donors (Lipinski definition) is 1. The van der Waals surface area contributed by atoms with Gasteiger partial charge in [-0.2, -0.15) is 5.26 Å². The summed E-state index contributed by atoms with van der Waals surface area (Å²) in [6.45, 7) is 3.82. The molecule has 1 aromatic carbocycles. The number of carbonyl (C=O) groups excluding carboxylic acids is 1. The zero-order valence-electron chi connectivity index (χ0n) is 11.6. The summed E-state index contributed by atoms with van der Waals surface area (Å²) in [5, 5.41) is 11.9. The Labute approximate surface area is 115 Å². The minimum atomic E-state index is -0.197. The molecular formula is C15H21N3O. The van der Waals surface area contributed by atoms with Gasteiger partial charge in [0.2, 0.25) is 5.91 Å². The van der Waals surface area contributed by atoms with Crippen molar-refractivity contribution in [2.45, 2.75) is 19.3 Å². The van der Waals surface area contributed by atoms with Gasteiger partial charge in [-0.3, -0.25) is 9.69 Å². The molecule has 0 heterocycles. The molecule has 1 N–H and O–H groups in total. The van der Waals surface area contributed by atoms with Crippen molar-refractivity contribution in [3.05, 3.63) is 35.9 Å². The summed E-state index contributed by atoms with van der Waals surface area (Å²) in [7, 11) is 1.63. The molecule has 0 bridgehead atoms. The Morgan fingerprint density at radius 1 is 1.42 bits per heavy atom. The van der Waals surface area contributed by atoms with Gasteiger partial charge >= 0.3 is 0 Å². The van der Waals surface area contributed by atoms with Gasteiger partial charge in [0.25, 0.3) is 0 Å². The van der Waals surface area contributed by atoms with Crippen LogP contribution in [0.5, 0.6) is 0 Å². The molecule has 0 aromatic heterocycles. The first kappa shape index (κ1) is 15.2. The zero-order valence-corrected chi connectivity index (χ0v) is 11.6. The van der Waals surface area contributed by atoms with E-state index in [1.54, 1.807) is 7.05 Å². The monoisotopic (exact) mass is 259 g/mol. The number of nitriles is 1. The molecule has 4 heteroatoms. The van der Waals surface area contributed by atoms with E-state index in [1.165, 1.54) is 0 Å². The maximum Gasteiger partial charge on any atom is 0.233 e. The van der Waals surface area contributed by atoms with Gasteiger partial charge in [0.15, 0.2) is 0 Å². The fourth-order valence-corrected chi connectivity index (χ4v) is 2.00. The summed E-state index contributed by atoms with van der Waals surface area (Å²) in [4.78, 5) is 13.5. The highest BCUT2D eigenvalue weighted by Crippen LogP contribution is 2.16. The number of nitrogens with zero attached hydrogens (tertiary/aromatic N) is 2. The molecule has 0 aliphatic rings. The molecule has 1 atom stereocenters. The highest BCUT2D eigenvalue weighted by molar-refractivity contribution is 5.77. The molecular weight excluding hydrogens is 238 g/mol. The van der Waals surface area contributed by atoms with Crippen molar-refractivity contribution in [2.24, 2.45) is 0 Å². The van der Waals surface area contributed by atoms with E-state index < -0.39 is 0 Å². The SMILES string of the molecule is CCCN(CC(=O)NC)CC(C#N)c1ccccc1. The van der Waals surface area contributed by atoms with E-state index >= 15 is 0 Å². The quantitative estimate of drug-likeness (QED) is 0.811. The van der Waals surface area contributed by atoms with Crippen LogP contribution in [0.15, 0.2) is 30.3 Å². The van der Waals surface area contributed by atoms with Gasteiger partial charge < -0.3 is 5.32 Å². The van der Waals surface area contributed by atoms with Crippen molar-refractivity contribution in [2.75, 3.05) is 26.7 Å². The van der Waals surface area contributed by atoms with Crippen molar-refractivity contribution in [1.29, 1.82) is 5.26 Å². The highest BCUT2D eigenvalue weighted by Gasteiger charge is 2.16. The van der Waals surface area contributed by atoms with Gasteiger partial charge in [-0.1, -0.05) is 37.3 Å². The van der Waals surface area contributed by atoms with E-state index in [0.29, 0.717) is 13.1 Å². The van der Waals surface area contributed by atoms with E-state index in [2.05, 4.69) is 18.3 Å². The lowest BCUT2D eigenvalue weighted by Gasteiger charge is -2.23. The Hall–Kier alpha value is -1.86. The maximum atomic E-state index is 11.5. The van der Waals surface area contributed by atoms with Gasteiger partial charge in [-0.05, 0) is 18.5 Å². The smallest absolute Gasteiger partial charge is 0.233 e. The third-order valence-corrected chi connectivity index (χ3v) is 2.98.